The fourth-order valence-electron chi connectivity index (χ4n) is 6.77. The molecule has 6 rings (SSSR count). The third-order valence-electron chi connectivity index (χ3n) is 9.31. The standard InChI is InChI=1S/C35H40F3N7/c1-25-33(4-3-23-44(25)31-15-20-40-21-16-31)45(24-26-5-11-29(12-6-26)43(2)30-13-18-39-19-14-30)34-41-22-17-32(42-34)27-7-9-28(10-8-27)35(36,37)38/h5-14,17-19,22,25,31,33,40H,3-4,15-16,20-21,23-24H2,1-2H3. The first-order valence-corrected chi connectivity index (χ1v) is 15.7. The molecule has 2 aromatic heterocycles. The summed E-state index contributed by atoms with van der Waals surface area (Å²) in [5.74, 6) is 0.592. The molecule has 2 atom stereocenters. The molecule has 236 valence electrons. The number of likely N-dealkylation sites (tertiary alicyclic amines) is 1. The van der Waals surface area contributed by atoms with E-state index >= 15 is 0 Å². The Labute approximate surface area is 263 Å². The van der Waals surface area contributed by atoms with Crippen LogP contribution in [0.5, 0.6) is 0 Å². The van der Waals surface area contributed by atoms with Gasteiger partial charge in [-0.05, 0) is 100 Å². The van der Waals surface area contributed by atoms with Crippen molar-refractivity contribution in [2.75, 3.05) is 36.5 Å². The molecule has 10 heteroatoms. The molecule has 4 aromatic rings. The number of rotatable bonds is 8. The van der Waals surface area contributed by atoms with Crippen LogP contribution in [0.3, 0.4) is 0 Å². The van der Waals surface area contributed by atoms with Crippen LogP contribution >= 0.6 is 0 Å². The van der Waals surface area contributed by atoms with E-state index in [1.54, 1.807) is 24.7 Å². The van der Waals surface area contributed by atoms with Crippen molar-refractivity contribution in [3.8, 4) is 11.3 Å². The molecule has 1 N–H and O–H groups in total. The first-order valence-electron chi connectivity index (χ1n) is 15.7. The summed E-state index contributed by atoms with van der Waals surface area (Å²) < 4.78 is 39.7. The topological polar surface area (TPSA) is 60.4 Å². The molecule has 0 aliphatic carbocycles. The summed E-state index contributed by atoms with van der Waals surface area (Å²) in [6, 6.07) is 20.5. The van der Waals surface area contributed by atoms with E-state index in [-0.39, 0.29) is 12.1 Å². The predicted octanol–water partition coefficient (Wildman–Crippen LogP) is 6.94. The molecule has 0 saturated carbocycles. The number of aromatic nitrogens is 3. The smallest absolute Gasteiger partial charge is 0.345 e. The molecule has 2 aliphatic rings. The second-order valence-corrected chi connectivity index (χ2v) is 12.0. The van der Waals surface area contributed by atoms with Gasteiger partial charge in [0.15, 0.2) is 0 Å². The van der Waals surface area contributed by atoms with Gasteiger partial charge < -0.3 is 15.1 Å². The Hall–Kier alpha value is -4.02. The van der Waals surface area contributed by atoms with Crippen molar-refractivity contribution in [3.63, 3.8) is 0 Å². The Morgan fingerprint density at radius 3 is 2.24 bits per heavy atom. The fourth-order valence-corrected chi connectivity index (χ4v) is 6.77. The lowest BCUT2D eigenvalue weighted by molar-refractivity contribution is -0.137. The first-order chi connectivity index (χ1) is 21.8. The van der Waals surface area contributed by atoms with Gasteiger partial charge >= 0.3 is 6.18 Å². The molecule has 4 heterocycles. The summed E-state index contributed by atoms with van der Waals surface area (Å²) >= 11 is 0. The van der Waals surface area contributed by atoms with Gasteiger partial charge in [0, 0.05) is 67.2 Å². The van der Waals surface area contributed by atoms with Crippen molar-refractivity contribution in [1.29, 1.82) is 0 Å². The molecule has 7 nitrogen and oxygen atoms in total. The molecular formula is C35H40F3N7. The maximum absolute atomic E-state index is 13.2. The summed E-state index contributed by atoms with van der Waals surface area (Å²) in [6.45, 7) is 6.11. The monoisotopic (exact) mass is 615 g/mol. The Morgan fingerprint density at radius 1 is 0.867 bits per heavy atom. The van der Waals surface area contributed by atoms with Crippen LogP contribution in [0.1, 0.15) is 43.7 Å². The van der Waals surface area contributed by atoms with E-state index in [4.69, 9.17) is 9.97 Å². The highest BCUT2D eigenvalue weighted by Crippen LogP contribution is 2.33. The highest BCUT2D eigenvalue weighted by atomic mass is 19.4. The molecule has 2 saturated heterocycles. The number of piperidine rings is 2. The molecule has 0 bridgehead atoms. The maximum atomic E-state index is 13.2. The van der Waals surface area contributed by atoms with Crippen molar-refractivity contribution in [2.45, 2.75) is 63.5 Å². The summed E-state index contributed by atoms with van der Waals surface area (Å²) in [5.41, 5.74) is 3.82. The van der Waals surface area contributed by atoms with Crippen LogP contribution in [0.2, 0.25) is 0 Å². The molecule has 0 amide bonds. The molecule has 45 heavy (non-hydrogen) atoms. The zero-order valence-electron chi connectivity index (χ0n) is 25.8. The number of hydrogen-bond donors (Lipinski definition) is 1. The number of hydrogen-bond acceptors (Lipinski definition) is 7. The lowest BCUT2D eigenvalue weighted by Gasteiger charge is -2.48. The van der Waals surface area contributed by atoms with Crippen molar-refractivity contribution in [2.24, 2.45) is 0 Å². The third kappa shape index (κ3) is 7.12. The number of halogens is 3. The van der Waals surface area contributed by atoms with Gasteiger partial charge in [0.05, 0.1) is 11.3 Å². The van der Waals surface area contributed by atoms with Crippen LogP contribution in [0.25, 0.3) is 11.3 Å². The summed E-state index contributed by atoms with van der Waals surface area (Å²) in [5, 5.41) is 3.49. The van der Waals surface area contributed by atoms with Crippen LogP contribution in [0.4, 0.5) is 30.5 Å². The summed E-state index contributed by atoms with van der Waals surface area (Å²) in [6.07, 6.45) is 5.29. The average Bonchev–Trinajstić information content (AvgIpc) is 3.08. The minimum absolute atomic E-state index is 0.177. The molecule has 2 unspecified atom stereocenters. The highest BCUT2D eigenvalue weighted by Gasteiger charge is 2.37. The van der Waals surface area contributed by atoms with Crippen LogP contribution in [-0.4, -0.2) is 64.7 Å². The molecule has 0 spiro atoms. The zero-order chi connectivity index (χ0) is 31.4. The van der Waals surface area contributed by atoms with E-state index in [9.17, 15) is 13.2 Å². The highest BCUT2D eigenvalue weighted by molar-refractivity contribution is 5.63. The van der Waals surface area contributed by atoms with Crippen molar-refractivity contribution >= 4 is 17.3 Å². The van der Waals surface area contributed by atoms with Gasteiger partial charge in [0.25, 0.3) is 0 Å². The molecule has 2 fully saturated rings. The van der Waals surface area contributed by atoms with Gasteiger partial charge in [-0.1, -0.05) is 24.3 Å². The van der Waals surface area contributed by atoms with Crippen LogP contribution in [0.15, 0.2) is 85.3 Å². The average molecular weight is 616 g/mol. The minimum Gasteiger partial charge on any atom is -0.345 e. The van der Waals surface area contributed by atoms with E-state index in [2.05, 4.69) is 56.2 Å². The van der Waals surface area contributed by atoms with Crippen LogP contribution < -0.4 is 15.1 Å². The molecule has 0 radical (unpaired) electrons. The Bertz CT molecular complexity index is 1520. The van der Waals surface area contributed by atoms with Gasteiger partial charge in [-0.3, -0.25) is 9.88 Å². The van der Waals surface area contributed by atoms with Gasteiger partial charge in [-0.2, -0.15) is 13.2 Å². The second-order valence-electron chi connectivity index (χ2n) is 12.0. The molecule has 2 aliphatic heterocycles. The minimum atomic E-state index is -4.38. The third-order valence-corrected chi connectivity index (χ3v) is 9.31. The Morgan fingerprint density at radius 2 is 1.56 bits per heavy atom. The van der Waals surface area contributed by atoms with Crippen molar-refractivity contribution in [3.05, 3.63) is 96.4 Å². The second kappa shape index (κ2) is 13.5. The van der Waals surface area contributed by atoms with Gasteiger partial charge in [0.1, 0.15) is 0 Å². The lowest BCUT2D eigenvalue weighted by Crippen LogP contribution is -2.58. The van der Waals surface area contributed by atoms with E-state index in [0.29, 0.717) is 29.8 Å². The number of nitrogens with one attached hydrogen (secondary N) is 1. The first kappa shape index (κ1) is 31.0. The molecular weight excluding hydrogens is 575 g/mol. The lowest BCUT2D eigenvalue weighted by atomic mass is 9.91. The number of nitrogens with zero attached hydrogens (tertiary/aromatic N) is 6. The quantitative estimate of drug-likeness (QED) is 0.231. The summed E-state index contributed by atoms with van der Waals surface area (Å²) in [4.78, 5) is 20.9. The summed E-state index contributed by atoms with van der Waals surface area (Å²) in [7, 11) is 2.04. The van der Waals surface area contributed by atoms with E-state index < -0.39 is 11.7 Å². The maximum Gasteiger partial charge on any atom is 0.416 e. The predicted molar refractivity (Wildman–Crippen MR) is 172 cm³/mol. The SMILES string of the molecule is CC1C(N(Cc2ccc(N(C)c3ccncc3)cc2)c2nccc(-c3ccc(C(F)(F)F)cc3)n2)CCCN1C1CCNCC1. The van der Waals surface area contributed by atoms with Gasteiger partial charge in [-0.15, -0.1) is 0 Å². The number of pyridine rings is 1. The van der Waals surface area contributed by atoms with Crippen LogP contribution in [-0.2, 0) is 12.7 Å². The van der Waals surface area contributed by atoms with Crippen molar-refractivity contribution < 1.29 is 13.2 Å². The molecule has 2 aromatic carbocycles. The zero-order valence-corrected chi connectivity index (χ0v) is 25.8. The Balaban J connectivity index is 1.30. The number of anilines is 3. The van der Waals surface area contributed by atoms with Crippen molar-refractivity contribution in [1.82, 2.24) is 25.2 Å². The van der Waals surface area contributed by atoms with Gasteiger partial charge in [0.2, 0.25) is 5.95 Å². The van der Waals surface area contributed by atoms with Crippen LogP contribution in [0, 0.1) is 0 Å². The largest absolute Gasteiger partial charge is 0.416 e. The fraction of sp³-hybridized carbons (Fsp3) is 0.400. The van der Waals surface area contributed by atoms with Gasteiger partial charge in [-0.25, -0.2) is 9.97 Å². The normalized spacial score (nSPS) is 19.8. The number of benzene rings is 2. The van der Waals surface area contributed by atoms with E-state index in [0.717, 1.165) is 74.4 Å². The van der Waals surface area contributed by atoms with E-state index in [1.165, 1.54) is 12.1 Å². The Kier molecular flexibility index (Phi) is 9.32. The van der Waals surface area contributed by atoms with E-state index in [1.807, 2.05) is 19.2 Å². The number of alkyl halides is 3.